The predicted molar refractivity (Wildman–Crippen MR) is 74.3 cm³/mol. The van der Waals surface area contributed by atoms with Crippen LogP contribution in [0.2, 0.25) is 5.15 Å². The van der Waals surface area contributed by atoms with Gasteiger partial charge < -0.3 is 4.74 Å². The summed E-state index contributed by atoms with van der Waals surface area (Å²) in [6, 6.07) is 7.73. The molecule has 0 aliphatic rings. The van der Waals surface area contributed by atoms with Gasteiger partial charge in [-0.15, -0.1) is 0 Å². The Morgan fingerprint density at radius 2 is 1.81 bits per heavy atom. The van der Waals surface area contributed by atoms with Crippen LogP contribution in [-0.2, 0) is 9.84 Å². The second kappa shape index (κ2) is 5.66. The van der Waals surface area contributed by atoms with E-state index in [1.807, 2.05) is 0 Å². The molecule has 0 unspecified atom stereocenters. The highest BCUT2D eigenvalue weighted by atomic mass is 35.5. The summed E-state index contributed by atoms with van der Waals surface area (Å²) in [5.41, 5.74) is -0.453. The van der Waals surface area contributed by atoms with E-state index in [-0.39, 0.29) is 9.92 Å². The van der Waals surface area contributed by atoms with Crippen molar-refractivity contribution in [1.29, 1.82) is 0 Å². The van der Waals surface area contributed by atoms with Crippen molar-refractivity contribution < 1.29 is 18.1 Å². The van der Waals surface area contributed by atoms with Gasteiger partial charge in [-0.2, -0.15) is 0 Å². The highest BCUT2D eigenvalue weighted by molar-refractivity contribution is 7.91. The van der Waals surface area contributed by atoms with E-state index < -0.39 is 25.6 Å². The van der Waals surface area contributed by atoms with Crippen LogP contribution in [0.3, 0.4) is 0 Å². The predicted octanol–water partition coefficient (Wildman–Crippen LogP) is 2.48. The number of nitrogens with zero attached hydrogens (tertiary/aromatic N) is 2. The molecule has 7 nitrogen and oxygen atoms in total. The molecule has 1 aromatic carbocycles. The Labute approximate surface area is 125 Å². The highest BCUT2D eigenvalue weighted by Gasteiger charge is 2.23. The molecule has 2 rings (SSSR count). The molecule has 0 radical (unpaired) electrons. The summed E-state index contributed by atoms with van der Waals surface area (Å²) >= 11 is 5.63. The largest absolute Gasteiger partial charge is 0.497 e. The summed E-state index contributed by atoms with van der Waals surface area (Å²) in [6.45, 7) is 0. The first-order valence-corrected chi connectivity index (χ1v) is 7.42. The zero-order valence-corrected chi connectivity index (χ0v) is 12.3. The Morgan fingerprint density at radius 3 is 2.29 bits per heavy atom. The Morgan fingerprint density at radius 1 is 1.19 bits per heavy atom. The molecule has 0 N–H and O–H groups in total. The number of sulfone groups is 1. The molecule has 1 aromatic heterocycles. The van der Waals surface area contributed by atoms with Crippen LogP contribution in [0.15, 0.2) is 46.3 Å². The van der Waals surface area contributed by atoms with E-state index in [0.717, 1.165) is 12.1 Å². The first-order chi connectivity index (χ1) is 9.86. The molecule has 0 aliphatic heterocycles. The van der Waals surface area contributed by atoms with Crippen molar-refractivity contribution in [3.8, 4) is 5.75 Å². The van der Waals surface area contributed by atoms with Crippen LogP contribution in [0.4, 0.5) is 5.69 Å². The Hall–Kier alpha value is -2.19. The minimum absolute atomic E-state index is 0.0132. The fourth-order valence-electron chi connectivity index (χ4n) is 1.57. The quantitative estimate of drug-likeness (QED) is 0.485. The van der Waals surface area contributed by atoms with E-state index in [4.69, 9.17) is 16.3 Å². The van der Waals surface area contributed by atoms with Crippen molar-refractivity contribution >= 4 is 27.1 Å². The maximum absolute atomic E-state index is 12.3. The van der Waals surface area contributed by atoms with E-state index in [1.165, 1.54) is 31.4 Å². The van der Waals surface area contributed by atoms with Crippen LogP contribution in [0.1, 0.15) is 0 Å². The van der Waals surface area contributed by atoms with Gasteiger partial charge >= 0.3 is 5.69 Å². The van der Waals surface area contributed by atoms with Gasteiger partial charge in [-0.3, -0.25) is 10.1 Å². The number of hydrogen-bond donors (Lipinski definition) is 0. The number of halogens is 1. The lowest BCUT2D eigenvalue weighted by molar-refractivity contribution is -0.385. The SMILES string of the molecule is COc1ccc(S(=O)(=O)c2ccc([N+](=O)[O-])c(Cl)n2)cc1. The molecule has 0 amide bonds. The molecule has 0 bridgehead atoms. The summed E-state index contributed by atoms with van der Waals surface area (Å²) in [7, 11) is -2.44. The van der Waals surface area contributed by atoms with Crippen LogP contribution in [0.25, 0.3) is 0 Å². The van der Waals surface area contributed by atoms with Gasteiger partial charge in [-0.05, 0) is 30.3 Å². The minimum atomic E-state index is -3.90. The molecule has 0 spiro atoms. The van der Waals surface area contributed by atoms with Gasteiger partial charge in [0.2, 0.25) is 15.0 Å². The van der Waals surface area contributed by atoms with E-state index in [2.05, 4.69) is 4.98 Å². The van der Waals surface area contributed by atoms with Gasteiger partial charge in [-0.1, -0.05) is 11.6 Å². The van der Waals surface area contributed by atoms with Gasteiger partial charge in [-0.25, -0.2) is 13.4 Å². The third-order valence-corrected chi connectivity index (χ3v) is 4.59. The molecule has 21 heavy (non-hydrogen) atoms. The summed E-state index contributed by atoms with van der Waals surface area (Å²) in [5, 5.41) is 9.81. The summed E-state index contributed by atoms with van der Waals surface area (Å²) in [4.78, 5) is 13.5. The number of rotatable bonds is 4. The van der Waals surface area contributed by atoms with Crippen molar-refractivity contribution in [2.75, 3.05) is 7.11 Å². The number of nitro groups is 1. The van der Waals surface area contributed by atoms with E-state index in [1.54, 1.807) is 0 Å². The fourth-order valence-corrected chi connectivity index (χ4v) is 3.04. The van der Waals surface area contributed by atoms with E-state index >= 15 is 0 Å². The van der Waals surface area contributed by atoms with Gasteiger partial charge in [0.15, 0.2) is 5.03 Å². The lowest BCUT2D eigenvalue weighted by Crippen LogP contribution is -2.05. The first kappa shape index (κ1) is 15.2. The topological polar surface area (TPSA) is 99.4 Å². The first-order valence-electron chi connectivity index (χ1n) is 5.56. The Balaban J connectivity index is 2.48. The van der Waals surface area contributed by atoms with Gasteiger partial charge in [0.25, 0.3) is 0 Å². The number of hydrogen-bond acceptors (Lipinski definition) is 6. The molecule has 0 saturated carbocycles. The second-order valence-electron chi connectivity index (χ2n) is 3.90. The van der Waals surface area contributed by atoms with E-state index in [0.29, 0.717) is 5.75 Å². The van der Waals surface area contributed by atoms with Crippen molar-refractivity contribution in [2.24, 2.45) is 0 Å². The number of pyridine rings is 1. The molecule has 9 heteroatoms. The van der Waals surface area contributed by atoms with Crippen LogP contribution < -0.4 is 4.74 Å². The minimum Gasteiger partial charge on any atom is -0.497 e. The average Bonchev–Trinajstić information content (AvgIpc) is 2.46. The van der Waals surface area contributed by atoms with Gasteiger partial charge in [0.1, 0.15) is 5.75 Å². The van der Waals surface area contributed by atoms with Gasteiger partial charge in [0, 0.05) is 6.07 Å². The van der Waals surface area contributed by atoms with Crippen molar-refractivity contribution in [3.05, 3.63) is 51.7 Å². The third-order valence-electron chi connectivity index (χ3n) is 2.65. The summed E-state index contributed by atoms with van der Waals surface area (Å²) in [6.07, 6.45) is 0. The van der Waals surface area contributed by atoms with E-state index in [9.17, 15) is 18.5 Å². The Kier molecular flexibility index (Phi) is 4.10. The molecule has 0 fully saturated rings. The molecule has 2 aromatic rings. The van der Waals surface area contributed by atoms with Crippen molar-refractivity contribution in [1.82, 2.24) is 4.98 Å². The monoisotopic (exact) mass is 328 g/mol. The molecule has 110 valence electrons. The van der Waals surface area contributed by atoms with Crippen LogP contribution in [0, 0.1) is 10.1 Å². The average molecular weight is 329 g/mol. The summed E-state index contributed by atoms with van der Waals surface area (Å²) in [5.74, 6) is 0.503. The third kappa shape index (κ3) is 2.96. The standard InChI is InChI=1S/C12H9ClN2O5S/c1-20-8-2-4-9(5-3-8)21(18,19)11-7-6-10(15(16)17)12(13)14-11/h2-7H,1H3. The molecular weight excluding hydrogens is 320 g/mol. The fraction of sp³-hybridized carbons (Fsp3) is 0.0833. The smallest absolute Gasteiger partial charge is 0.306 e. The lowest BCUT2D eigenvalue weighted by atomic mass is 10.3. The van der Waals surface area contributed by atoms with Crippen molar-refractivity contribution in [2.45, 2.75) is 9.92 Å². The number of aromatic nitrogens is 1. The molecular formula is C12H9ClN2O5S. The zero-order valence-electron chi connectivity index (χ0n) is 10.7. The molecule has 0 atom stereocenters. The van der Waals surface area contributed by atoms with Crippen LogP contribution in [0.5, 0.6) is 5.75 Å². The van der Waals surface area contributed by atoms with Crippen molar-refractivity contribution in [3.63, 3.8) is 0 Å². The van der Waals surface area contributed by atoms with Crippen LogP contribution >= 0.6 is 11.6 Å². The second-order valence-corrected chi connectivity index (χ2v) is 6.15. The molecule has 0 aliphatic carbocycles. The number of methoxy groups -OCH3 is 1. The summed E-state index contributed by atoms with van der Waals surface area (Å²) < 4.78 is 29.6. The number of benzene rings is 1. The highest BCUT2D eigenvalue weighted by Crippen LogP contribution is 2.27. The number of ether oxygens (including phenoxy) is 1. The maximum Gasteiger partial charge on any atom is 0.306 e. The Bertz CT molecular complexity index is 790. The van der Waals surface area contributed by atoms with Crippen LogP contribution in [-0.4, -0.2) is 25.4 Å². The molecule has 0 saturated heterocycles. The zero-order chi connectivity index (χ0) is 15.6. The normalized spacial score (nSPS) is 11.1. The lowest BCUT2D eigenvalue weighted by Gasteiger charge is -2.05. The maximum atomic E-state index is 12.3. The molecule has 1 heterocycles. The van der Waals surface area contributed by atoms with Gasteiger partial charge in [0.05, 0.1) is 16.9 Å².